The molecule has 10 nitrogen and oxygen atoms in total. The predicted octanol–water partition coefficient (Wildman–Crippen LogP) is 16.1. The highest BCUT2D eigenvalue weighted by Gasteiger charge is 2.54. The molecule has 4 aliphatic carbocycles. The molecule has 0 spiro atoms. The van der Waals surface area contributed by atoms with E-state index in [1.165, 1.54) is 144 Å². The molecule has 0 aromatic heterocycles. The third-order valence-electron chi connectivity index (χ3n) is 16.7. The summed E-state index contributed by atoms with van der Waals surface area (Å²) in [4.78, 5) is 35.2. The standard InChI is InChI=1S/C29H36O2S.C22H31BO2.C13H17BrO2S.2CO2/c1-21-14-15-24-23(19-21)20-26(29(24)22-9-3-2-4-10-22)25-11-5-6-12-27(25)32-18-17-31-28-13-7-8-16-30-28;1-15-11-12-18-17(13-15)14-19(20(18)16-9-7-6-8-10-16)23-24-21(2,3)22(4,5)25-23;14-11-5-1-2-6-12(11)17-10-9-16-13-7-3-4-8-15-13;2*2-1-3/h5-6,11-12,14-15,19,22,28H,2-4,7-10,13,16-18,20H2,1H3;11-13,16H,6-10,14H2,1-5H3;1-2,5-6,13H,3-4,7-10H2;;. The molecule has 0 radical (unpaired) electrons. The summed E-state index contributed by atoms with van der Waals surface area (Å²) in [6.45, 7) is 16.2. The summed E-state index contributed by atoms with van der Waals surface area (Å²) in [5.74, 6) is 3.32. The van der Waals surface area contributed by atoms with E-state index >= 15 is 0 Å². The minimum atomic E-state index is -0.271. The summed E-state index contributed by atoms with van der Waals surface area (Å²) in [7, 11) is -0.199. The number of allylic oxidation sites excluding steroid dienone is 4. The number of aryl methyl sites for hydroxylation is 2. The number of benzene rings is 4. The van der Waals surface area contributed by atoms with Gasteiger partial charge < -0.3 is 28.3 Å². The molecule has 3 heterocycles. The van der Waals surface area contributed by atoms with E-state index < -0.39 is 0 Å². The Balaban J connectivity index is 0.000000172. The predicted molar refractivity (Wildman–Crippen MR) is 324 cm³/mol. The van der Waals surface area contributed by atoms with Gasteiger partial charge in [-0.2, -0.15) is 19.2 Å². The average molecular weight is 1190 g/mol. The minimum Gasteiger partial charge on any atom is -0.400 e. The number of ether oxygens (including phenoxy) is 4. The molecule has 4 aromatic rings. The van der Waals surface area contributed by atoms with Gasteiger partial charge in [0.25, 0.3) is 0 Å². The molecule has 0 N–H and O–H groups in total. The van der Waals surface area contributed by atoms with Crippen LogP contribution >= 0.6 is 39.5 Å². The fourth-order valence-corrected chi connectivity index (χ4v) is 14.4. The second-order valence-corrected chi connectivity index (χ2v) is 26.0. The highest BCUT2D eigenvalue weighted by Crippen LogP contribution is 2.50. The van der Waals surface area contributed by atoms with Crippen LogP contribution in [0, 0.1) is 25.7 Å². The summed E-state index contributed by atoms with van der Waals surface area (Å²) in [5, 5.41) is 0. The minimum absolute atomic E-state index is 0.00720. The number of halogens is 1. The summed E-state index contributed by atoms with van der Waals surface area (Å²) in [6, 6.07) is 31.4. The first-order valence-electron chi connectivity index (χ1n) is 29.3. The van der Waals surface area contributed by atoms with Gasteiger partial charge in [-0.25, -0.2) is 0 Å². The van der Waals surface area contributed by atoms with Gasteiger partial charge >= 0.3 is 19.4 Å². The summed E-state index contributed by atoms with van der Waals surface area (Å²) in [6.07, 6.45) is 23.0. The largest absolute Gasteiger partial charge is 0.491 e. The highest BCUT2D eigenvalue weighted by atomic mass is 79.9. The Hall–Kier alpha value is -3.88. The molecule has 11 rings (SSSR count). The van der Waals surface area contributed by atoms with Gasteiger partial charge in [-0.05, 0) is 215 Å². The molecule has 430 valence electrons. The Kier molecular flexibility index (Phi) is 25.7. The molecule has 2 atom stereocenters. The average Bonchev–Trinajstić information content (AvgIpc) is 4.19. The molecule has 4 aromatic carbocycles. The number of fused-ring (bicyclic) bond motifs is 2. The molecule has 0 bridgehead atoms. The van der Waals surface area contributed by atoms with E-state index in [1.54, 1.807) is 16.7 Å². The van der Waals surface area contributed by atoms with E-state index in [9.17, 15) is 0 Å². The Morgan fingerprint density at radius 2 is 1.00 bits per heavy atom. The lowest BCUT2D eigenvalue weighted by Gasteiger charge is -2.32. The maximum absolute atomic E-state index is 8.12. The number of hydrogen-bond acceptors (Lipinski definition) is 12. The second kappa shape index (κ2) is 32.3. The van der Waals surface area contributed by atoms with Crippen molar-refractivity contribution in [1.29, 1.82) is 0 Å². The number of carbonyl (C=O) groups excluding carboxylic acids is 4. The van der Waals surface area contributed by atoms with Gasteiger partial charge in [-0.15, -0.1) is 23.5 Å². The fourth-order valence-electron chi connectivity index (χ4n) is 12.1. The highest BCUT2D eigenvalue weighted by molar-refractivity contribution is 9.10. The third-order valence-corrected chi connectivity index (χ3v) is 19.7. The van der Waals surface area contributed by atoms with Crippen LogP contribution in [0.5, 0.6) is 0 Å². The van der Waals surface area contributed by atoms with E-state index in [2.05, 4.69) is 136 Å². The van der Waals surface area contributed by atoms with E-state index in [4.69, 9.17) is 47.4 Å². The molecule has 80 heavy (non-hydrogen) atoms. The van der Waals surface area contributed by atoms with Crippen molar-refractivity contribution in [3.63, 3.8) is 0 Å². The Labute approximate surface area is 494 Å². The molecular weight excluding hydrogens is 1110 g/mol. The molecule has 2 saturated carbocycles. The first-order chi connectivity index (χ1) is 38.8. The van der Waals surface area contributed by atoms with Crippen LogP contribution in [-0.2, 0) is 60.3 Å². The van der Waals surface area contributed by atoms with Gasteiger partial charge in [0, 0.05) is 39.0 Å². The monoisotopic (exact) mass is 1190 g/mol. The van der Waals surface area contributed by atoms with E-state index in [0.717, 1.165) is 68.1 Å². The fraction of sp³-hybridized carbons (Fsp3) is 0.545. The first kappa shape index (κ1) is 63.7. The normalized spacial score (nSPS) is 21.2. The maximum Gasteiger partial charge on any atom is 0.491 e. The molecule has 2 unspecified atom stereocenters. The van der Waals surface area contributed by atoms with E-state index in [1.807, 2.05) is 29.6 Å². The Morgan fingerprint density at radius 1 is 0.550 bits per heavy atom. The lowest BCUT2D eigenvalue weighted by Crippen LogP contribution is -2.41. The smallest absolute Gasteiger partial charge is 0.400 e. The van der Waals surface area contributed by atoms with Gasteiger partial charge in [-0.3, -0.25) is 0 Å². The van der Waals surface area contributed by atoms with Crippen molar-refractivity contribution in [2.45, 2.75) is 191 Å². The maximum atomic E-state index is 8.12. The van der Waals surface area contributed by atoms with Gasteiger partial charge in [-0.1, -0.05) is 116 Å². The quantitative estimate of drug-likeness (QED) is 0.0678. The molecule has 7 aliphatic rings. The zero-order chi connectivity index (χ0) is 56.9. The summed E-state index contributed by atoms with van der Waals surface area (Å²) in [5.41, 5.74) is 15.8. The lowest BCUT2D eigenvalue weighted by atomic mass is 9.70. The van der Waals surface area contributed by atoms with Crippen LogP contribution < -0.4 is 0 Å². The van der Waals surface area contributed by atoms with Gasteiger partial charge in [0.1, 0.15) is 0 Å². The van der Waals surface area contributed by atoms with Crippen molar-refractivity contribution in [3.05, 3.63) is 134 Å². The van der Waals surface area contributed by atoms with Crippen LogP contribution in [0.4, 0.5) is 0 Å². The Bertz CT molecular complexity index is 2710. The molecular formula is C66H84BBrO10S2. The molecule has 5 fully saturated rings. The summed E-state index contributed by atoms with van der Waals surface area (Å²) < 4.78 is 37.0. The number of hydrogen-bond donors (Lipinski definition) is 0. The van der Waals surface area contributed by atoms with Crippen molar-refractivity contribution >= 4 is 75.6 Å². The van der Waals surface area contributed by atoms with Crippen molar-refractivity contribution in [1.82, 2.24) is 0 Å². The first-order valence-corrected chi connectivity index (χ1v) is 32.1. The van der Waals surface area contributed by atoms with Crippen LogP contribution in [0.3, 0.4) is 0 Å². The van der Waals surface area contributed by atoms with Gasteiger partial charge in [0.2, 0.25) is 0 Å². The zero-order valence-electron chi connectivity index (χ0n) is 48.2. The number of rotatable bonds is 14. The van der Waals surface area contributed by atoms with Crippen molar-refractivity contribution < 1.29 is 47.4 Å². The van der Waals surface area contributed by atoms with E-state index in [0.29, 0.717) is 11.8 Å². The summed E-state index contributed by atoms with van der Waals surface area (Å²) >= 11 is 7.29. The van der Waals surface area contributed by atoms with Crippen molar-refractivity contribution in [2.24, 2.45) is 11.8 Å². The van der Waals surface area contributed by atoms with Crippen LogP contribution in [-0.4, -0.2) is 81.1 Å². The van der Waals surface area contributed by atoms with Crippen LogP contribution in [0.1, 0.15) is 169 Å². The van der Waals surface area contributed by atoms with Crippen molar-refractivity contribution in [2.75, 3.05) is 37.9 Å². The number of thioether (sulfide) groups is 2. The SMILES string of the molecule is Brc1ccccc1SCCOC1CCCCO1.Cc1ccc2c(c1)CC(B1OC(C)(C)C(C)(C)O1)=C2C1CCCCC1.Cc1ccc2c(c1)CC(c1ccccc1SCCOC1CCCCO1)=C2C1CCCCC1.O=C=O.O=C=O. The second-order valence-electron chi connectivity index (χ2n) is 22.9. The molecule has 3 saturated heterocycles. The third kappa shape index (κ3) is 17.8. The van der Waals surface area contributed by atoms with E-state index in [-0.39, 0.29) is 43.2 Å². The van der Waals surface area contributed by atoms with Crippen LogP contribution in [0.2, 0.25) is 0 Å². The van der Waals surface area contributed by atoms with Crippen molar-refractivity contribution in [3.8, 4) is 0 Å². The van der Waals surface area contributed by atoms with Gasteiger partial charge in [0.05, 0.1) is 24.4 Å². The Morgan fingerprint density at radius 3 is 1.51 bits per heavy atom. The molecule has 0 amide bonds. The van der Waals surface area contributed by atoms with Crippen LogP contribution in [0.15, 0.2) is 105 Å². The van der Waals surface area contributed by atoms with Gasteiger partial charge in [0.15, 0.2) is 12.6 Å². The molecule has 3 aliphatic heterocycles. The zero-order valence-corrected chi connectivity index (χ0v) is 51.4. The van der Waals surface area contributed by atoms with Crippen LogP contribution in [0.25, 0.3) is 16.7 Å². The lowest BCUT2D eigenvalue weighted by molar-refractivity contribution is -0.193. The topological polar surface area (TPSA) is 124 Å². The molecule has 14 heteroatoms.